The summed E-state index contributed by atoms with van der Waals surface area (Å²) in [4.78, 5) is 12.1. The van der Waals surface area contributed by atoms with Crippen molar-refractivity contribution in [1.29, 1.82) is 0 Å². The molecule has 5 nitrogen and oxygen atoms in total. The van der Waals surface area contributed by atoms with Crippen LogP contribution in [0.3, 0.4) is 0 Å². The molecule has 2 aromatic rings. The molecule has 0 saturated heterocycles. The Bertz CT molecular complexity index is 669. The quantitative estimate of drug-likeness (QED) is 0.899. The van der Waals surface area contributed by atoms with E-state index < -0.39 is 0 Å². The van der Waals surface area contributed by atoms with Gasteiger partial charge in [0, 0.05) is 5.92 Å². The monoisotopic (exact) mass is 314 g/mol. The Morgan fingerprint density at radius 2 is 1.70 bits per heavy atom. The Balaban J connectivity index is 1.60. The molecule has 6 heteroatoms. The van der Waals surface area contributed by atoms with E-state index in [1.807, 2.05) is 0 Å². The van der Waals surface area contributed by atoms with E-state index in [4.69, 9.17) is 0 Å². The molecule has 0 aliphatic heterocycles. The molecule has 2 N–H and O–H groups in total. The van der Waals surface area contributed by atoms with Crippen LogP contribution in [0.25, 0.3) is 0 Å². The molecule has 1 aromatic heterocycles. The Labute approximate surface area is 134 Å². The number of rotatable bonds is 4. The summed E-state index contributed by atoms with van der Waals surface area (Å²) in [5.41, 5.74) is 0.334. The molecular weight excluding hydrogens is 295 g/mol. The summed E-state index contributed by atoms with van der Waals surface area (Å²) in [6, 6.07) is 9.67. The fraction of sp³-hybridized carbons (Fsp3) is 0.353. The van der Waals surface area contributed by atoms with Crippen LogP contribution in [0.15, 0.2) is 36.4 Å². The normalized spacial score (nSPS) is 15.2. The number of amides is 1. The molecule has 3 rings (SSSR count). The zero-order chi connectivity index (χ0) is 16.1. The van der Waals surface area contributed by atoms with Crippen molar-refractivity contribution in [1.82, 2.24) is 10.2 Å². The number of aromatic nitrogens is 2. The van der Waals surface area contributed by atoms with Crippen LogP contribution in [0.2, 0.25) is 0 Å². The van der Waals surface area contributed by atoms with Gasteiger partial charge < -0.3 is 10.6 Å². The van der Waals surface area contributed by atoms with Crippen molar-refractivity contribution in [3.63, 3.8) is 0 Å². The van der Waals surface area contributed by atoms with Crippen molar-refractivity contribution < 1.29 is 9.18 Å². The third-order valence-electron chi connectivity index (χ3n) is 4.03. The lowest BCUT2D eigenvalue weighted by molar-refractivity contribution is -0.120. The van der Waals surface area contributed by atoms with Gasteiger partial charge in [-0.25, -0.2) is 4.39 Å². The second kappa shape index (κ2) is 7.17. The van der Waals surface area contributed by atoms with E-state index in [0.29, 0.717) is 17.3 Å². The summed E-state index contributed by atoms with van der Waals surface area (Å²) in [6.45, 7) is 0. The highest BCUT2D eigenvalue weighted by Gasteiger charge is 2.21. The van der Waals surface area contributed by atoms with E-state index in [9.17, 15) is 9.18 Å². The predicted molar refractivity (Wildman–Crippen MR) is 86.9 cm³/mol. The first kappa shape index (κ1) is 15.4. The molecule has 1 amide bonds. The van der Waals surface area contributed by atoms with Gasteiger partial charge in [-0.1, -0.05) is 31.4 Å². The fourth-order valence-electron chi connectivity index (χ4n) is 2.76. The van der Waals surface area contributed by atoms with Gasteiger partial charge in [-0.15, -0.1) is 10.2 Å². The average Bonchev–Trinajstić information content (AvgIpc) is 2.59. The molecule has 0 radical (unpaired) electrons. The van der Waals surface area contributed by atoms with Crippen molar-refractivity contribution in [2.24, 2.45) is 5.92 Å². The summed E-state index contributed by atoms with van der Waals surface area (Å²) in [6.07, 6.45) is 5.29. The number of benzene rings is 1. The smallest absolute Gasteiger partial charge is 0.228 e. The molecule has 0 atom stereocenters. The third-order valence-corrected chi connectivity index (χ3v) is 4.03. The first-order chi connectivity index (χ1) is 11.2. The maximum atomic E-state index is 13.6. The molecule has 0 spiro atoms. The molecule has 1 saturated carbocycles. The largest absolute Gasteiger partial charge is 0.336 e. The van der Waals surface area contributed by atoms with E-state index in [-0.39, 0.29) is 17.6 Å². The molecule has 23 heavy (non-hydrogen) atoms. The highest BCUT2D eigenvalue weighted by atomic mass is 19.1. The van der Waals surface area contributed by atoms with Crippen molar-refractivity contribution in [3.8, 4) is 0 Å². The molecule has 120 valence electrons. The van der Waals surface area contributed by atoms with Crippen molar-refractivity contribution in [2.45, 2.75) is 32.1 Å². The molecule has 0 unspecified atom stereocenters. The van der Waals surface area contributed by atoms with Gasteiger partial charge in [0.1, 0.15) is 5.82 Å². The molecule has 1 heterocycles. The van der Waals surface area contributed by atoms with E-state index in [1.54, 1.807) is 30.3 Å². The molecular formula is C17H19FN4O. The second-order valence-electron chi connectivity index (χ2n) is 5.73. The van der Waals surface area contributed by atoms with E-state index in [2.05, 4.69) is 20.8 Å². The lowest BCUT2D eigenvalue weighted by Gasteiger charge is -2.20. The summed E-state index contributed by atoms with van der Waals surface area (Å²) in [5, 5.41) is 13.6. The van der Waals surface area contributed by atoms with Crippen LogP contribution in [-0.4, -0.2) is 16.1 Å². The Morgan fingerprint density at radius 1 is 1.00 bits per heavy atom. The van der Waals surface area contributed by atoms with Crippen LogP contribution in [0.5, 0.6) is 0 Å². The van der Waals surface area contributed by atoms with Crippen LogP contribution in [0.4, 0.5) is 21.7 Å². The number of anilines is 3. The van der Waals surface area contributed by atoms with Gasteiger partial charge in [-0.3, -0.25) is 4.79 Å². The predicted octanol–water partition coefficient (Wildman–Crippen LogP) is 3.88. The minimum absolute atomic E-state index is 0.00816. The standard InChI is InChI=1S/C17H19FN4O/c18-13-8-4-5-9-14(13)19-15-10-11-16(22-21-15)20-17(23)12-6-2-1-3-7-12/h4-5,8-12H,1-3,6-7H2,(H,19,21)(H,20,22,23). The zero-order valence-corrected chi connectivity index (χ0v) is 12.8. The second-order valence-corrected chi connectivity index (χ2v) is 5.73. The van der Waals surface area contributed by atoms with Crippen LogP contribution in [-0.2, 0) is 4.79 Å². The van der Waals surface area contributed by atoms with Crippen LogP contribution < -0.4 is 10.6 Å². The number of nitrogens with zero attached hydrogens (tertiary/aromatic N) is 2. The molecule has 1 aromatic carbocycles. The highest BCUT2D eigenvalue weighted by Crippen LogP contribution is 2.25. The minimum atomic E-state index is -0.357. The highest BCUT2D eigenvalue weighted by molar-refractivity contribution is 5.91. The van der Waals surface area contributed by atoms with Crippen molar-refractivity contribution in [3.05, 3.63) is 42.2 Å². The van der Waals surface area contributed by atoms with E-state index >= 15 is 0 Å². The first-order valence-electron chi connectivity index (χ1n) is 7.88. The number of nitrogens with one attached hydrogen (secondary N) is 2. The van der Waals surface area contributed by atoms with Crippen LogP contribution in [0.1, 0.15) is 32.1 Å². The lowest BCUT2D eigenvalue weighted by atomic mass is 9.89. The topological polar surface area (TPSA) is 66.9 Å². The number of hydrogen-bond acceptors (Lipinski definition) is 4. The van der Waals surface area contributed by atoms with Gasteiger partial charge in [0.15, 0.2) is 11.6 Å². The van der Waals surface area contributed by atoms with Crippen LogP contribution in [0, 0.1) is 11.7 Å². The molecule has 1 fully saturated rings. The maximum Gasteiger partial charge on any atom is 0.228 e. The van der Waals surface area contributed by atoms with Gasteiger partial charge in [-0.05, 0) is 37.1 Å². The third kappa shape index (κ3) is 4.03. The zero-order valence-electron chi connectivity index (χ0n) is 12.8. The molecule has 1 aliphatic carbocycles. The number of halogens is 1. The van der Waals surface area contributed by atoms with Gasteiger partial charge >= 0.3 is 0 Å². The van der Waals surface area contributed by atoms with E-state index in [1.165, 1.54) is 12.5 Å². The number of para-hydroxylation sites is 1. The number of hydrogen-bond donors (Lipinski definition) is 2. The number of carbonyl (C=O) groups is 1. The average molecular weight is 314 g/mol. The summed E-state index contributed by atoms with van der Waals surface area (Å²) in [7, 11) is 0. The molecule has 0 bridgehead atoms. The first-order valence-corrected chi connectivity index (χ1v) is 7.88. The van der Waals surface area contributed by atoms with Crippen molar-refractivity contribution >= 4 is 23.2 Å². The van der Waals surface area contributed by atoms with Gasteiger partial charge in [-0.2, -0.15) is 0 Å². The SMILES string of the molecule is O=C(Nc1ccc(Nc2ccccc2F)nn1)C1CCCCC1. The summed E-state index contributed by atoms with van der Waals surface area (Å²) >= 11 is 0. The van der Waals surface area contributed by atoms with Gasteiger partial charge in [0.2, 0.25) is 5.91 Å². The maximum absolute atomic E-state index is 13.6. The Morgan fingerprint density at radius 3 is 2.39 bits per heavy atom. The summed E-state index contributed by atoms with van der Waals surface area (Å²) < 4.78 is 13.6. The number of carbonyl (C=O) groups excluding carboxylic acids is 1. The van der Waals surface area contributed by atoms with E-state index in [0.717, 1.165) is 25.7 Å². The lowest BCUT2D eigenvalue weighted by Crippen LogP contribution is -2.25. The molecule has 1 aliphatic rings. The minimum Gasteiger partial charge on any atom is -0.336 e. The Hall–Kier alpha value is -2.50. The summed E-state index contributed by atoms with van der Waals surface area (Å²) in [5.74, 6) is 0.560. The van der Waals surface area contributed by atoms with Gasteiger partial charge in [0.05, 0.1) is 5.69 Å². The van der Waals surface area contributed by atoms with Crippen molar-refractivity contribution in [2.75, 3.05) is 10.6 Å². The van der Waals surface area contributed by atoms with Gasteiger partial charge in [0.25, 0.3) is 0 Å². The fourth-order valence-corrected chi connectivity index (χ4v) is 2.76. The van der Waals surface area contributed by atoms with Crippen LogP contribution >= 0.6 is 0 Å². The Kier molecular flexibility index (Phi) is 4.80.